The lowest BCUT2D eigenvalue weighted by molar-refractivity contribution is 0.0862. The first-order valence-corrected chi connectivity index (χ1v) is 13.0. The lowest BCUT2D eigenvalue weighted by Crippen LogP contribution is -2.31. The fourth-order valence-electron chi connectivity index (χ4n) is 5.41. The normalized spacial score (nSPS) is 16.6. The molecule has 1 aliphatic rings. The lowest BCUT2D eigenvalue weighted by Gasteiger charge is -2.22. The second-order valence-electron chi connectivity index (χ2n) is 12.6. The van der Waals surface area contributed by atoms with Gasteiger partial charge in [0.1, 0.15) is 0 Å². The highest BCUT2D eigenvalue weighted by molar-refractivity contribution is 6.02. The molecule has 2 N–H and O–H groups in total. The van der Waals surface area contributed by atoms with E-state index in [1.54, 1.807) is 6.20 Å². The summed E-state index contributed by atoms with van der Waals surface area (Å²) >= 11 is 0. The molecule has 1 heterocycles. The molecule has 0 radical (unpaired) electrons. The van der Waals surface area contributed by atoms with Crippen molar-refractivity contribution in [2.45, 2.75) is 85.6 Å². The monoisotopic (exact) mass is 488 g/mol. The van der Waals surface area contributed by atoms with Gasteiger partial charge in [0.15, 0.2) is 0 Å². The molecule has 192 valence electrons. The van der Waals surface area contributed by atoms with Gasteiger partial charge in [0.2, 0.25) is 5.91 Å². The topological polar surface area (TPSA) is 76.0 Å². The molecule has 2 amide bonds. The fourth-order valence-corrected chi connectivity index (χ4v) is 5.41. The Bertz CT molecular complexity index is 1280. The van der Waals surface area contributed by atoms with Crippen molar-refractivity contribution in [1.82, 2.24) is 15.1 Å². The van der Waals surface area contributed by atoms with Gasteiger partial charge in [-0.3, -0.25) is 4.79 Å². The van der Waals surface area contributed by atoms with Gasteiger partial charge in [-0.05, 0) is 64.8 Å². The quantitative estimate of drug-likeness (QED) is 0.397. The van der Waals surface area contributed by atoms with Crippen LogP contribution in [0.4, 0.5) is 10.5 Å². The summed E-state index contributed by atoms with van der Waals surface area (Å²) in [6.07, 6.45) is 4.91. The first-order valence-electron chi connectivity index (χ1n) is 13.0. The van der Waals surface area contributed by atoms with Crippen LogP contribution in [0.25, 0.3) is 10.9 Å². The predicted molar refractivity (Wildman–Crippen MR) is 147 cm³/mol. The third kappa shape index (κ3) is 5.80. The van der Waals surface area contributed by atoms with Crippen molar-refractivity contribution in [1.29, 1.82) is 0 Å². The van der Waals surface area contributed by atoms with Gasteiger partial charge in [0.05, 0.1) is 23.4 Å². The van der Waals surface area contributed by atoms with E-state index in [0.717, 1.165) is 24.6 Å². The first kappa shape index (κ1) is 25.9. The van der Waals surface area contributed by atoms with Gasteiger partial charge in [-0.2, -0.15) is 5.10 Å². The van der Waals surface area contributed by atoms with Crippen LogP contribution >= 0.6 is 0 Å². The Balaban J connectivity index is 1.45. The molecule has 36 heavy (non-hydrogen) atoms. The molecule has 1 aromatic heterocycles. The number of carbonyl (C=O) groups excluding carboxylic acids is 2. The van der Waals surface area contributed by atoms with Crippen LogP contribution in [0.15, 0.2) is 42.6 Å². The van der Waals surface area contributed by atoms with Gasteiger partial charge >= 0.3 is 6.03 Å². The highest BCUT2D eigenvalue weighted by atomic mass is 16.2. The Morgan fingerprint density at radius 3 is 2.56 bits per heavy atom. The molecule has 6 heteroatoms. The van der Waals surface area contributed by atoms with E-state index in [0.29, 0.717) is 17.6 Å². The number of benzene rings is 2. The van der Waals surface area contributed by atoms with Gasteiger partial charge in [0.25, 0.3) is 0 Å². The lowest BCUT2D eigenvalue weighted by atomic mass is 9.84. The minimum Gasteiger partial charge on any atom is -0.331 e. The zero-order valence-corrected chi connectivity index (χ0v) is 22.7. The van der Waals surface area contributed by atoms with Crippen molar-refractivity contribution < 1.29 is 9.59 Å². The van der Waals surface area contributed by atoms with Crippen LogP contribution < -0.4 is 10.6 Å². The van der Waals surface area contributed by atoms with Crippen LogP contribution in [0.1, 0.15) is 95.3 Å². The van der Waals surface area contributed by atoms with Gasteiger partial charge in [0, 0.05) is 11.8 Å². The summed E-state index contributed by atoms with van der Waals surface area (Å²) in [5, 5.41) is 11.3. The van der Waals surface area contributed by atoms with Crippen molar-refractivity contribution in [3.8, 4) is 0 Å². The number of hydrogen-bond donors (Lipinski definition) is 2. The van der Waals surface area contributed by atoms with Crippen molar-refractivity contribution >= 4 is 28.5 Å². The van der Waals surface area contributed by atoms with Crippen LogP contribution in [0, 0.1) is 11.3 Å². The van der Waals surface area contributed by atoms with Crippen LogP contribution in [0.2, 0.25) is 0 Å². The zero-order chi connectivity index (χ0) is 26.3. The van der Waals surface area contributed by atoms with E-state index in [9.17, 15) is 9.59 Å². The van der Waals surface area contributed by atoms with Gasteiger partial charge in [-0.15, -0.1) is 0 Å². The first-order chi connectivity index (χ1) is 16.8. The third-order valence-electron chi connectivity index (χ3n) is 6.97. The molecular weight excluding hydrogens is 448 g/mol. The minimum absolute atomic E-state index is 0.0122. The smallest absolute Gasteiger partial charge is 0.319 e. The number of amides is 2. The third-order valence-corrected chi connectivity index (χ3v) is 6.97. The summed E-state index contributed by atoms with van der Waals surface area (Å²) in [7, 11) is 0. The molecule has 2 aromatic carbocycles. The summed E-state index contributed by atoms with van der Waals surface area (Å²) < 4.78 is 1.47. The van der Waals surface area contributed by atoms with Crippen molar-refractivity contribution in [2.24, 2.45) is 11.3 Å². The molecule has 3 aromatic rings. The Morgan fingerprint density at radius 1 is 1.11 bits per heavy atom. The highest BCUT2D eigenvalue weighted by Crippen LogP contribution is 2.35. The number of carbonyl (C=O) groups is 2. The molecule has 6 nitrogen and oxygen atoms in total. The standard InChI is InChI=1S/C30H40N4O2/c1-19(17-29(2,3)4)15-27(35)34-26-10-8-9-24(23(26)18-31-34)32-28(36)33-25-14-11-20-16-21(30(5,6)7)12-13-22(20)25/h8-10,12-13,16,18-19,25H,11,14-15,17H2,1-7H3,(H2,32,33,36)/t19?,25-/m1/s1. The molecule has 0 bridgehead atoms. The average molecular weight is 489 g/mol. The SMILES string of the molecule is CC(CC(=O)n1ncc2c(NC(=O)N[C@@H]3CCc4cc(C(C)(C)C)ccc43)cccc21)CC(C)(C)C. The number of nitrogens with one attached hydrogen (secondary N) is 2. The van der Waals surface area contributed by atoms with Crippen LogP contribution in [0.3, 0.4) is 0 Å². The Morgan fingerprint density at radius 2 is 1.86 bits per heavy atom. The Hall–Kier alpha value is -3.15. The molecule has 0 saturated heterocycles. The molecule has 2 atom stereocenters. The summed E-state index contributed by atoms with van der Waals surface area (Å²) in [5.74, 6) is 0.234. The van der Waals surface area contributed by atoms with Crippen molar-refractivity contribution in [3.05, 3.63) is 59.3 Å². The van der Waals surface area contributed by atoms with Gasteiger partial charge in [-0.25, -0.2) is 9.48 Å². The van der Waals surface area contributed by atoms with Crippen molar-refractivity contribution in [3.63, 3.8) is 0 Å². The largest absolute Gasteiger partial charge is 0.331 e. The molecular formula is C30H40N4O2. The molecule has 0 fully saturated rings. The van der Waals surface area contributed by atoms with E-state index in [1.807, 2.05) is 18.2 Å². The zero-order valence-electron chi connectivity index (χ0n) is 22.7. The molecule has 1 aliphatic carbocycles. The highest BCUT2D eigenvalue weighted by Gasteiger charge is 2.26. The maximum Gasteiger partial charge on any atom is 0.319 e. The summed E-state index contributed by atoms with van der Waals surface area (Å²) in [5.41, 5.74) is 5.46. The average Bonchev–Trinajstić information content (AvgIpc) is 3.36. The summed E-state index contributed by atoms with van der Waals surface area (Å²) in [6.45, 7) is 15.3. The number of urea groups is 1. The molecule has 1 unspecified atom stereocenters. The minimum atomic E-state index is -0.252. The number of nitrogens with zero attached hydrogens (tertiary/aromatic N) is 2. The molecule has 0 saturated carbocycles. The van der Waals surface area contributed by atoms with Gasteiger partial charge < -0.3 is 10.6 Å². The predicted octanol–water partition coefficient (Wildman–Crippen LogP) is 7.25. The number of fused-ring (bicyclic) bond motifs is 2. The molecule has 0 spiro atoms. The van der Waals surface area contributed by atoms with Crippen LogP contribution in [-0.2, 0) is 11.8 Å². The van der Waals surface area contributed by atoms with Gasteiger partial charge in [-0.1, -0.05) is 72.7 Å². The van der Waals surface area contributed by atoms with E-state index in [1.165, 1.54) is 21.4 Å². The van der Waals surface area contributed by atoms with Crippen molar-refractivity contribution in [2.75, 3.05) is 5.32 Å². The Kier molecular flexibility index (Phi) is 7.00. The maximum absolute atomic E-state index is 13.0. The molecule has 4 rings (SSSR count). The number of anilines is 1. The molecule has 0 aliphatic heterocycles. The van der Waals surface area contributed by atoms with E-state index in [-0.39, 0.29) is 34.7 Å². The number of hydrogen-bond acceptors (Lipinski definition) is 3. The summed E-state index contributed by atoms with van der Waals surface area (Å²) in [4.78, 5) is 25.9. The second kappa shape index (κ2) is 9.72. The van der Waals surface area contributed by atoms with E-state index < -0.39 is 0 Å². The van der Waals surface area contributed by atoms with Crippen LogP contribution in [-0.4, -0.2) is 21.7 Å². The fraction of sp³-hybridized carbons (Fsp3) is 0.500. The number of rotatable bonds is 5. The van der Waals surface area contributed by atoms with E-state index >= 15 is 0 Å². The maximum atomic E-state index is 13.0. The number of aryl methyl sites for hydroxylation is 1. The van der Waals surface area contributed by atoms with E-state index in [2.05, 4.69) is 82.4 Å². The van der Waals surface area contributed by atoms with Crippen LogP contribution in [0.5, 0.6) is 0 Å². The van der Waals surface area contributed by atoms with E-state index in [4.69, 9.17) is 0 Å². The summed E-state index contributed by atoms with van der Waals surface area (Å²) in [6, 6.07) is 11.9. The second-order valence-corrected chi connectivity index (χ2v) is 12.6. The Labute approximate surface area is 214 Å². The number of aromatic nitrogens is 2.